The molecule has 2 fully saturated rings. The molecule has 17 heavy (non-hydrogen) atoms. The molecule has 1 aromatic carbocycles. The van der Waals surface area contributed by atoms with E-state index in [4.69, 9.17) is 0 Å². The van der Waals surface area contributed by atoms with Crippen LogP contribution in [0.4, 0.5) is 0 Å². The Morgan fingerprint density at radius 1 is 1.18 bits per heavy atom. The summed E-state index contributed by atoms with van der Waals surface area (Å²) in [5.41, 5.74) is 1.89. The molecule has 3 atom stereocenters. The average molecular weight is 230 g/mol. The molecule has 2 bridgehead atoms. The fourth-order valence-electron chi connectivity index (χ4n) is 4.81. The monoisotopic (exact) mass is 230 g/mol. The summed E-state index contributed by atoms with van der Waals surface area (Å²) in [6.45, 7) is 7.19. The van der Waals surface area contributed by atoms with Crippen molar-refractivity contribution in [3.63, 3.8) is 0 Å². The summed E-state index contributed by atoms with van der Waals surface area (Å²) in [5.74, 6) is 1.83. The standard InChI is InChI=1S/C16H22O/c1-15(2)11-8-9-16(3,10-11)14(15)12-6-4-5-7-13(12)17/h4-7,11,14,17H,8-10H2,1-3H3. The van der Waals surface area contributed by atoms with Gasteiger partial charge in [-0.25, -0.2) is 0 Å². The molecule has 0 radical (unpaired) electrons. The molecular weight excluding hydrogens is 208 g/mol. The van der Waals surface area contributed by atoms with Gasteiger partial charge in [-0.1, -0.05) is 39.0 Å². The van der Waals surface area contributed by atoms with Crippen LogP contribution in [0.15, 0.2) is 24.3 Å². The van der Waals surface area contributed by atoms with Gasteiger partial charge < -0.3 is 5.11 Å². The van der Waals surface area contributed by atoms with Gasteiger partial charge in [0.15, 0.2) is 0 Å². The number of para-hydroxylation sites is 1. The molecule has 0 amide bonds. The maximum atomic E-state index is 10.1. The van der Waals surface area contributed by atoms with Gasteiger partial charge in [0.1, 0.15) is 5.75 Å². The second kappa shape index (κ2) is 3.28. The number of hydrogen-bond acceptors (Lipinski definition) is 1. The van der Waals surface area contributed by atoms with E-state index in [1.807, 2.05) is 12.1 Å². The van der Waals surface area contributed by atoms with Gasteiger partial charge in [0.25, 0.3) is 0 Å². The Bertz CT molecular complexity index is 444. The van der Waals surface area contributed by atoms with Crippen molar-refractivity contribution >= 4 is 0 Å². The van der Waals surface area contributed by atoms with Gasteiger partial charge in [-0.3, -0.25) is 0 Å². The van der Waals surface area contributed by atoms with Gasteiger partial charge >= 0.3 is 0 Å². The van der Waals surface area contributed by atoms with Gasteiger partial charge in [0, 0.05) is 0 Å². The summed E-state index contributed by atoms with van der Waals surface area (Å²) in [5, 5.41) is 10.1. The van der Waals surface area contributed by atoms with Crippen LogP contribution in [0.3, 0.4) is 0 Å². The zero-order valence-corrected chi connectivity index (χ0v) is 11.0. The van der Waals surface area contributed by atoms with E-state index < -0.39 is 0 Å². The molecule has 3 unspecified atom stereocenters. The van der Waals surface area contributed by atoms with Crippen molar-refractivity contribution in [3.8, 4) is 5.75 Å². The summed E-state index contributed by atoms with van der Waals surface area (Å²) in [6, 6.07) is 7.93. The third-order valence-electron chi connectivity index (χ3n) is 5.52. The van der Waals surface area contributed by atoms with Gasteiger partial charge in [-0.2, -0.15) is 0 Å². The van der Waals surface area contributed by atoms with E-state index in [2.05, 4.69) is 32.9 Å². The quantitative estimate of drug-likeness (QED) is 0.761. The Kier molecular flexibility index (Phi) is 2.14. The van der Waals surface area contributed by atoms with Crippen molar-refractivity contribution in [3.05, 3.63) is 29.8 Å². The second-order valence-corrected chi connectivity index (χ2v) is 6.91. The first-order chi connectivity index (χ1) is 7.95. The zero-order chi connectivity index (χ0) is 12.3. The number of rotatable bonds is 1. The lowest BCUT2D eigenvalue weighted by atomic mass is 9.61. The minimum absolute atomic E-state index is 0.325. The molecule has 2 saturated carbocycles. The van der Waals surface area contributed by atoms with Crippen LogP contribution in [0.1, 0.15) is 51.5 Å². The fraction of sp³-hybridized carbons (Fsp3) is 0.625. The zero-order valence-electron chi connectivity index (χ0n) is 11.0. The van der Waals surface area contributed by atoms with Crippen molar-refractivity contribution < 1.29 is 5.11 Å². The highest BCUT2D eigenvalue weighted by atomic mass is 16.3. The van der Waals surface area contributed by atoms with Crippen molar-refractivity contribution in [2.75, 3.05) is 0 Å². The molecule has 0 aromatic heterocycles. The summed E-state index contributed by atoms with van der Waals surface area (Å²) >= 11 is 0. The maximum absolute atomic E-state index is 10.1. The molecular formula is C16H22O. The molecule has 2 aliphatic rings. The smallest absolute Gasteiger partial charge is 0.119 e. The molecule has 0 aliphatic heterocycles. The lowest BCUT2D eigenvalue weighted by Gasteiger charge is -2.43. The highest BCUT2D eigenvalue weighted by Gasteiger charge is 2.59. The minimum atomic E-state index is 0.325. The van der Waals surface area contributed by atoms with Crippen LogP contribution < -0.4 is 0 Å². The van der Waals surface area contributed by atoms with Crippen LogP contribution in [0.5, 0.6) is 5.75 Å². The van der Waals surface area contributed by atoms with Crippen LogP contribution in [-0.4, -0.2) is 5.11 Å². The number of hydrogen-bond donors (Lipinski definition) is 1. The van der Waals surface area contributed by atoms with Gasteiger partial charge in [0.05, 0.1) is 0 Å². The molecule has 0 spiro atoms. The number of phenolic OH excluding ortho intramolecular Hbond substituents is 1. The lowest BCUT2D eigenvalue weighted by Crippen LogP contribution is -2.33. The van der Waals surface area contributed by atoms with Crippen molar-refractivity contribution in [2.24, 2.45) is 16.7 Å². The molecule has 1 heteroatoms. The second-order valence-electron chi connectivity index (χ2n) is 6.91. The first-order valence-corrected chi connectivity index (χ1v) is 6.73. The van der Waals surface area contributed by atoms with Crippen LogP contribution in [0.25, 0.3) is 0 Å². The summed E-state index contributed by atoms with van der Waals surface area (Å²) < 4.78 is 0. The van der Waals surface area contributed by atoms with Crippen LogP contribution in [-0.2, 0) is 0 Å². The summed E-state index contributed by atoms with van der Waals surface area (Å²) in [7, 11) is 0. The Hall–Kier alpha value is -0.980. The Morgan fingerprint density at radius 2 is 1.88 bits per heavy atom. The summed E-state index contributed by atoms with van der Waals surface area (Å²) in [6.07, 6.45) is 4.02. The normalized spacial score (nSPS) is 38.5. The van der Waals surface area contributed by atoms with E-state index in [0.717, 1.165) is 5.92 Å². The Balaban J connectivity index is 2.11. The van der Waals surface area contributed by atoms with Crippen molar-refractivity contribution in [1.29, 1.82) is 0 Å². The van der Waals surface area contributed by atoms with Gasteiger partial charge in [0.2, 0.25) is 0 Å². The highest BCUT2D eigenvalue weighted by Crippen LogP contribution is 2.70. The number of aromatic hydroxyl groups is 1. The molecule has 1 nitrogen and oxygen atoms in total. The Morgan fingerprint density at radius 3 is 2.47 bits per heavy atom. The minimum Gasteiger partial charge on any atom is -0.508 e. The molecule has 3 rings (SSSR count). The first kappa shape index (κ1) is 11.1. The largest absolute Gasteiger partial charge is 0.508 e. The maximum Gasteiger partial charge on any atom is 0.119 e. The number of phenols is 1. The van der Waals surface area contributed by atoms with Gasteiger partial charge in [-0.05, 0) is 53.6 Å². The van der Waals surface area contributed by atoms with E-state index in [0.29, 0.717) is 22.5 Å². The van der Waals surface area contributed by atoms with E-state index in [1.165, 1.54) is 24.8 Å². The Labute approximate surface area is 104 Å². The average Bonchev–Trinajstić information content (AvgIpc) is 2.72. The van der Waals surface area contributed by atoms with Crippen molar-refractivity contribution in [1.82, 2.24) is 0 Å². The van der Waals surface area contributed by atoms with Crippen molar-refractivity contribution in [2.45, 2.75) is 46.0 Å². The van der Waals surface area contributed by atoms with E-state index >= 15 is 0 Å². The number of fused-ring (bicyclic) bond motifs is 2. The predicted molar refractivity (Wildman–Crippen MR) is 70.1 cm³/mol. The molecule has 0 saturated heterocycles. The molecule has 92 valence electrons. The van der Waals surface area contributed by atoms with E-state index in [-0.39, 0.29) is 0 Å². The molecule has 1 N–H and O–H groups in total. The first-order valence-electron chi connectivity index (χ1n) is 6.73. The third-order valence-corrected chi connectivity index (χ3v) is 5.52. The molecule has 0 heterocycles. The summed E-state index contributed by atoms with van der Waals surface area (Å²) in [4.78, 5) is 0. The van der Waals surface area contributed by atoms with Gasteiger partial charge in [-0.15, -0.1) is 0 Å². The fourth-order valence-corrected chi connectivity index (χ4v) is 4.81. The molecule has 2 aliphatic carbocycles. The van der Waals surface area contributed by atoms with E-state index in [9.17, 15) is 5.11 Å². The third kappa shape index (κ3) is 1.38. The SMILES string of the molecule is CC12CCC(C1)C(C)(C)C2c1ccccc1O. The van der Waals surface area contributed by atoms with Crippen LogP contribution >= 0.6 is 0 Å². The lowest BCUT2D eigenvalue weighted by molar-refractivity contribution is 0.135. The van der Waals surface area contributed by atoms with Crippen LogP contribution in [0.2, 0.25) is 0 Å². The number of benzene rings is 1. The van der Waals surface area contributed by atoms with E-state index in [1.54, 1.807) is 0 Å². The molecule has 1 aromatic rings. The predicted octanol–water partition coefficient (Wildman–Crippen LogP) is 4.32. The highest BCUT2D eigenvalue weighted by molar-refractivity contribution is 5.39. The van der Waals surface area contributed by atoms with Crippen LogP contribution in [0, 0.1) is 16.7 Å². The topological polar surface area (TPSA) is 20.2 Å².